The fourth-order valence-electron chi connectivity index (χ4n) is 4.22. The molecule has 0 fully saturated rings. The Bertz CT molecular complexity index is 427. The molecule has 0 bridgehead atoms. The lowest BCUT2D eigenvalue weighted by molar-refractivity contribution is 0.116. The van der Waals surface area contributed by atoms with Crippen LogP contribution in [0.1, 0.15) is 141 Å². The Labute approximate surface area is 189 Å². The van der Waals surface area contributed by atoms with Crippen LogP contribution in [-0.2, 0) is 11.3 Å². The van der Waals surface area contributed by atoms with Gasteiger partial charge in [0, 0.05) is 6.61 Å². The Morgan fingerprint density at radius 2 is 0.833 bits per heavy atom. The van der Waals surface area contributed by atoms with E-state index in [1.807, 2.05) is 0 Å². The van der Waals surface area contributed by atoms with Gasteiger partial charge in [-0.2, -0.15) is 0 Å². The van der Waals surface area contributed by atoms with Crippen molar-refractivity contribution in [2.45, 2.75) is 142 Å². The summed E-state index contributed by atoms with van der Waals surface area (Å²) in [5.41, 5.74) is 1.28. The fraction of sp³-hybridized carbons (Fsp3) is 0.793. The lowest BCUT2D eigenvalue weighted by atomic mass is 10.0. The zero-order chi connectivity index (χ0) is 21.4. The highest BCUT2D eigenvalue weighted by Gasteiger charge is 1.96. The molecule has 0 heterocycles. The van der Waals surface area contributed by atoms with Crippen LogP contribution in [0, 0.1) is 0 Å². The summed E-state index contributed by atoms with van der Waals surface area (Å²) < 4.78 is 5.76. The van der Waals surface area contributed by atoms with Crippen molar-refractivity contribution in [2.75, 3.05) is 6.61 Å². The van der Waals surface area contributed by atoms with Crippen molar-refractivity contribution in [3.63, 3.8) is 0 Å². The molecule has 0 aromatic heterocycles. The smallest absolute Gasteiger partial charge is 0.0716 e. The maximum absolute atomic E-state index is 5.76. The van der Waals surface area contributed by atoms with Gasteiger partial charge in [-0.25, -0.2) is 0 Å². The summed E-state index contributed by atoms with van der Waals surface area (Å²) in [5.74, 6) is 0. The minimum atomic E-state index is 0.764. The first kappa shape index (κ1) is 27.2. The quantitative estimate of drug-likeness (QED) is 0.161. The second-order valence-electron chi connectivity index (χ2n) is 9.26. The maximum Gasteiger partial charge on any atom is 0.0716 e. The summed E-state index contributed by atoms with van der Waals surface area (Å²) in [4.78, 5) is 0. The summed E-state index contributed by atoms with van der Waals surface area (Å²) in [5, 5.41) is 0. The van der Waals surface area contributed by atoms with Crippen molar-refractivity contribution in [1.29, 1.82) is 0 Å². The van der Waals surface area contributed by atoms with E-state index in [2.05, 4.69) is 37.3 Å². The number of unbranched alkanes of at least 4 members (excludes halogenated alkanes) is 19. The Balaban J connectivity index is 1.65. The third kappa shape index (κ3) is 19.2. The highest BCUT2D eigenvalue weighted by atomic mass is 16.5. The normalized spacial score (nSPS) is 11.2. The summed E-state index contributed by atoms with van der Waals surface area (Å²) >= 11 is 0. The molecular weight excluding hydrogens is 364 g/mol. The van der Waals surface area contributed by atoms with E-state index in [4.69, 9.17) is 4.74 Å². The molecule has 1 rings (SSSR count). The molecule has 0 aliphatic rings. The average molecular weight is 417 g/mol. The first-order valence-electron chi connectivity index (χ1n) is 13.5. The van der Waals surface area contributed by atoms with E-state index in [0.717, 1.165) is 13.2 Å². The van der Waals surface area contributed by atoms with E-state index in [1.165, 1.54) is 134 Å². The van der Waals surface area contributed by atoms with Gasteiger partial charge in [0.15, 0.2) is 0 Å². The van der Waals surface area contributed by atoms with Crippen LogP contribution in [0.25, 0.3) is 0 Å². The van der Waals surface area contributed by atoms with Crippen LogP contribution in [-0.4, -0.2) is 6.61 Å². The van der Waals surface area contributed by atoms with Crippen LogP contribution >= 0.6 is 0 Å². The Hall–Kier alpha value is -0.820. The van der Waals surface area contributed by atoms with Crippen LogP contribution in [0.3, 0.4) is 0 Å². The summed E-state index contributed by atoms with van der Waals surface area (Å²) in [6.45, 7) is 3.97. The monoisotopic (exact) mass is 416 g/mol. The molecule has 30 heavy (non-hydrogen) atoms. The molecule has 1 aromatic carbocycles. The second-order valence-corrected chi connectivity index (χ2v) is 9.26. The van der Waals surface area contributed by atoms with Crippen LogP contribution in [0.2, 0.25) is 0 Å². The van der Waals surface area contributed by atoms with Gasteiger partial charge < -0.3 is 4.74 Å². The van der Waals surface area contributed by atoms with Crippen molar-refractivity contribution in [3.05, 3.63) is 35.9 Å². The topological polar surface area (TPSA) is 9.23 Å². The minimum absolute atomic E-state index is 0.764. The van der Waals surface area contributed by atoms with Gasteiger partial charge in [0.2, 0.25) is 0 Å². The molecule has 0 amide bonds. The highest BCUT2D eigenvalue weighted by Crippen LogP contribution is 2.15. The van der Waals surface area contributed by atoms with E-state index < -0.39 is 0 Å². The number of ether oxygens (including phenoxy) is 1. The molecule has 0 aliphatic heterocycles. The van der Waals surface area contributed by atoms with Crippen LogP contribution in [0.15, 0.2) is 30.3 Å². The molecule has 0 N–H and O–H groups in total. The molecule has 0 saturated heterocycles. The van der Waals surface area contributed by atoms with Gasteiger partial charge in [0.25, 0.3) is 0 Å². The van der Waals surface area contributed by atoms with Gasteiger partial charge >= 0.3 is 0 Å². The SMILES string of the molecule is CCCCCCCCCCCCCCCCCCCCCCOCc1ccccc1. The third-order valence-electron chi connectivity index (χ3n) is 6.25. The zero-order valence-corrected chi connectivity index (χ0v) is 20.4. The lowest BCUT2D eigenvalue weighted by Gasteiger charge is -2.05. The Kier molecular flexibility index (Phi) is 20.7. The molecule has 0 unspecified atom stereocenters. The first-order chi connectivity index (χ1) is 14.9. The van der Waals surface area contributed by atoms with Crippen molar-refractivity contribution in [3.8, 4) is 0 Å². The third-order valence-corrected chi connectivity index (χ3v) is 6.25. The molecule has 0 spiro atoms. The fourth-order valence-corrected chi connectivity index (χ4v) is 4.22. The number of hydrogen-bond acceptors (Lipinski definition) is 1. The van der Waals surface area contributed by atoms with Gasteiger partial charge in [-0.1, -0.05) is 159 Å². The van der Waals surface area contributed by atoms with Crippen LogP contribution < -0.4 is 0 Å². The van der Waals surface area contributed by atoms with Crippen molar-refractivity contribution in [2.24, 2.45) is 0 Å². The zero-order valence-electron chi connectivity index (χ0n) is 20.4. The molecular formula is C29H52O. The van der Waals surface area contributed by atoms with Crippen molar-refractivity contribution in [1.82, 2.24) is 0 Å². The van der Waals surface area contributed by atoms with Gasteiger partial charge in [0.1, 0.15) is 0 Å². The van der Waals surface area contributed by atoms with Gasteiger partial charge in [-0.15, -0.1) is 0 Å². The van der Waals surface area contributed by atoms with Crippen LogP contribution in [0.5, 0.6) is 0 Å². The van der Waals surface area contributed by atoms with E-state index >= 15 is 0 Å². The van der Waals surface area contributed by atoms with Crippen molar-refractivity contribution >= 4 is 0 Å². The summed E-state index contributed by atoms with van der Waals surface area (Å²) in [6.07, 6.45) is 28.7. The number of hydrogen-bond donors (Lipinski definition) is 0. The van der Waals surface area contributed by atoms with Gasteiger partial charge in [-0.3, -0.25) is 0 Å². The standard InChI is InChI=1S/C29H52O/c1-2-3-4-5-6-7-8-9-10-11-12-13-14-15-16-17-18-19-20-24-27-30-28-29-25-22-21-23-26-29/h21-23,25-26H,2-20,24,27-28H2,1H3. The molecule has 0 radical (unpaired) electrons. The Morgan fingerprint density at radius 1 is 0.467 bits per heavy atom. The molecule has 0 aliphatic carbocycles. The van der Waals surface area contributed by atoms with Gasteiger partial charge in [0.05, 0.1) is 6.61 Å². The van der Waals surface area contributed by atoms with E-state index in [9.17, 15) is 0 Å². The second kappa shape index (κ2) is 22.9. The summed E-state index contributed by atoms with van der Waals surface area (Å²) in [7, 11) is 0. The minimum Gasteiger partial charge on any atom is -0.377 e. The molecule has 0 atom stereocenters. The molecule has 1 heteroatoms. The van der Waals surface area contributed by atoms with Crippen LogP contribution in [0.4, 0.5) is 0 Å². The molecule has 174 valence electrons. The Morgan fingerprint density at radius 3 is 1.23 bits per heavy atom. The van der Waals surface area contributed by atoms with Gasteiger partial charge in [-0.05, 0) is 12.0 Å². The predicted octanol–water partition coefficient (Wildman–Crippen LogP) is 10.0. The molecule has 1 aromatic rings. The number of benzene rings is 1. The van der Waals surface area contributed by atoms with Crippen molar-refractivity contribution < 1.29 is 4.74 Å². The van der Waals surface area contributed by atoms with E-state index in [1.54, 1.807) is 0 Å². The molecule has 1 nitrogen and oxygen atoms in total. The maximum atomic E-state index is 5.76. The average Bonchev–Trinajstić information content (AvgIpc) is 2.78. The lowest BCUT2D eigenvalue weighted by Crippen LogP contribution is -1.95. The largest absolute Gasteiger partial charge is 0.377 e. The number of rotatable bonds is 23. The summed E-state index contributed by atoms with van der Waals surface area (Å²) in [6, 6.07) is 10.5. The molecule has 0 saturated carbocycles. The predicted molar refractivity (Wildman–Crippen MR) is 134 cm³/mol. The van der Waals surface area contributed by atoms with E-state index in [-0.39, 0.29) is 0 Å². The first-order valence-corrected chi connectivity index (χ1v) is 13.5. The van der Waals surface area contributed by atoms with E-state index in [0.29, 0.717) is 0 Å². The highest BCUT2D eigenvalue weighted by molar-refractivity contribution is 5.13.